The Balaban J connectivity index is 1.40. The highest BCUT2D eigenvalue weighted by Gasteiger charge is 2.30. The van der Waals surface area contributed by atoms with Crippen molar-refractivity contribution in [3.63, 3.8) is 0 Å². The van der Waals surface area contributed by atoms with Gasteiger partial charge in [-0.25, -0.2) is 9.97 Å². The highest BCUT2D eigenvalue weighted by atomic mass is 19.4. The molecule has 1 aliphatic rings. The third kappa shape index (κ3) is 4.11. The van der Waals surface area contributed by atoms with Crippen molar-refractivity contribution in [2.75, 3.05) is 6.54 Å². The predicted molar refractivity (Wildman–Crippen MR) is 123 cm³/mol. The van der Waals surface area contributed by atoms with Gasteiger partial charge < -0.3 is 9.55 Å². The number of hydrogen-bond donors (Lipinski definition) is 1. The SMILES string of the molecule is CC(C)n1c(CN2CCc3nc(-c4ccc(C(F)(F)F)cc4)[nH]c(=O)c3C2)nc2ccccc21. The number of rotatable bonds is 4. The summed E-state index contributed by atoms with van der Waals surface area (Å²) in [6, 6.07) is 12.9. The van der Waals surface area contributed by atoms with Crippen LogP contribution < -0.4 is 5.56 Å². The summed E-state index contributed by atoms with van der Waals surface area (Å²) in [5.41, 5.74) is 2.76. The normalized spacial score (nSPS) is 14.6. The number of benzene rings is 2. The smallest absolute Gasteiger partial charge is 0.324 e. The maximum absolute atomic E-state index is 12.9. The minimum Gasteiger partial charge on any atom is -0.324 e. The summed E-state index contributed by atoms with van der Waals surface area (Å²) in [4.78, 5) is 27.2. The molecule has 0 unspecified atom stereocenters. The van der Waals surface area contributed by atoms with E-state index in [9.17, 15) is 18.0 Å². The zero-order chi connectivity index (χ0) is 24.0. The number of alkyl halides is 3. The summed E-state index contributed by atoms with van der Waals surface area (Å²) >= 11 is 0. The highest BCUT2D eigenvalue weighted by molar-refractivity contribution is 5.76. The molecule has 0 radical (unpaired) electrons. The number of fused-ring (bicyclic) bond motifs is 2. The Morgan fingerprint density at radius 3 is 2.50 bits per heavy atom. The molecule has 0 aliphatic carbocycles. The maximum Gasteiger partial charge on any atom is 0.416 e. The Labute approximate surface area is 194 Å². The predicted octanol–water partition coefficient (Wildman–Crippen LogP) is 4.94. The molecule has 6 nitrogen and oxygen atoms in total. The third-order valence-corrected chi connectivity index (χ3v) is 6.18. The second-order valence-electron chi connectivity index (χ2n) is 8.86. The van der Waals surface area contributed by atoms with Crippen molar-refractivity contribution >= 4 is 11.0 Å². The lowest BCUT2D eigenvalue weighted by Gasteiger charge is -2.28. The molecule has 0 amide bonds. The molecule has 0 fully saturated rings. The molecular weight excluding hydrogens is 443 g/mol. The minimum atomic E-state index is -4.41. The van der Waals surface area contributed by atoms with Crippen LogP contribution in [-0.2, 0) is 25.7 Å². The number of H-pyrrole nitrogens is 1. The molecule has 5 rings (SSSR count). The van der Waals surface area contributed by atoms with Crippen molar-refractivity contribution in [2.45, 2.75) is 45.6 Å². The number of halogens is 3. The van der Waals surface area contributed by atoms with Crippen molar-refractivity contribution in [2.24, 2.45) is 0 Å². The van der Waals surface area contributed by atoms with Crippen molar-refractivity contribution < 1.29 is 13.2 Å². The zero-order valence-corrected chi connectivity index (χ0v) is 18.9. The van der Waals surface area contributed by atoms with Crippen LogP contribution in [0.4, 0.5) is 13.2 Å². The number of aromatic amines is 1. The molecule has 9 heteroatoms. The van der Waals surface area contributed by atoms with Crippen molar-refractivity contribution in [3.05, 3.63) is 81.5 Å². The standard InChI is InChI=1S/C25H24F3N5O/c1-15(2)33-21-6-4-3-5-20(21)29-22(33)14-32-12-11-19-18(13-32)24(34)31-23(30-19)16-7-9-17(10-8-16)25(26,27)28/h3-10,15H,11-14H2,1-2H3,(H,30,31,34). The van der Waals surface area contributed by atoms with Crippen LogP contribution in [0.3, 0.4) is 0 Å². The molecular formula is C25H24F3N5O. The van der Waals surface area contributed by atoms with E-state index in [2.05, 4.69) is 39.3 Å². The van der Waals surface area contributed by atoms with Crippen LogP contribution >= 0.6 is 0 Å². The number of nitrogens with one attached hydrogen (secondary N) is 1. The monoisotopic (exact) mass is 467 g/mol. The molecule has 34 heavy (non-hydrogen) atoms. The lowest BCUT2D eigenvalue weighted by Crippen LogP contribution is -2.36. The number of hydrogen-bond acceptors (Lipinski definition) is 4. The lowest BCUT2D eigenvalue weighted by atomic mass is 10.1. The first kappa shape index (κ1) is 22.3. The largest absolute Gasteiger partial charge is 0.416 e. The van der Waals surface area contributed by atoms with E-state index in [0.29, 0.717) is 42.9 Å². The van der Waals surface area contributed by atoms with Gasteiger partial charge >= 0.3 is 6.18 Å². The van der Waals surface area contributed by atoms with E-state index in [4.69, 9.17) is 4.98 Å². The van der Waals surface area contributed by atoms with E-state index in [1.54, 1.807) is 0 Å². The lowest BCUT2D eigenvalue weighted by molar-refractivity contribution is -0.137. The van der Waals surface area contributed by atoms with Gasteiger partial charge in [0.1, 0.15) is 11.6 Å². The van der Waals surface area contributed by atoms with E-state index in [0.717, 1.165) is 29.0 Å². The fourth-order valence-corrected chi connectivity index (χ4v) is 4.55. The van der Waals surface area contributed by atoms with Crippen LogP contribution in [0.2, 0.25) is 0 Å². The van der Waals surface area contributed by atoms with Gasteiger partial charge in [0.2, 0.25) is 0 Å². The zero-order valence-electron chi connectivity index (χ0n) is 18.9. The topological polar surface area (TPSA) is 66.8 Å². The fourth-order valence-electron chi connectivity index (χ4n) is 4.55. The molecule has 4 aromatic rings. The Hall–Kier alpha value is -3.46. The van der Waals surface area contributed by atoms with Crippen LogP contribution in [0.15, 0.2) is 53.3 Å². The average Bonchev–Trinajstić information content (AvgIpc) is 3.17. The summed E-state index contributed by atoms with van der Waals surface area (Å²) in [6.45, 7) is 6.00. The summed E-state index contributed by atoms with van der Waals surface area (Å²) in [5, 5.41) is 0. The molecule has 0 spiro atoms. The third-order valence-electron chi connectivity index (χ3n) is 6.18. The van der Waals surface area contributed by atoms with Crippen LogP contribution in [0.25, 0.3) is 22.4 Å². The molecule has 176 valence electrons. The molecule has 1 N–H and O–H groups in total. The first-order valence-electron chi connectivity index (χ1n) is 11.2. The Kier molecular flexibility index (Phi) is 5.51. The molecule has 0 saturated heterocycles. The Bertz CT molecular complexity index is 1400. The van der Waals surface area contributed by atoms with Gasteiger partial charge in [-0.15, -0.1) is 0 Å². The van der Waals surface area contributed by atoms with Crippen molar-refractivity contribution in [1.29, 1.82) is 0 Å². The van der Waals surface area contributed by atoms with Gasteiger partial charge in [0.25, 0.3) is 5.56 Å². The first-order chi connectivity index (χ1) is 16.2. The van der Waals surface area contributed by atoms with E-state index in [1.807, 2.05) is 18.2 Å². The van der Waals surface area contributed by atoms with Crippen molar-refractivity contribution in [1.82, 2.24) is 24.4 Å². The van der Waals surface area contributed by atoms with Crippen LogP contribution in [-0.4, -0.2) is 31.0 Å². The van der Waals surface area contributed by atoms with Gasteiger partial charge in [-0.05, 0) is 38.1 Å². The first-order valence-corrected chi connectivity index (χ1v) is 11.2. The summed E-state index contributed by atoms with van der Waals surface area (Å²) in [6.07, 6.45) is -3.83. The molecule has 1 aliphatic heterocycles. The van der Waals surface area contributed by atoms with Crippen LogP contribution in [0.5, 0.6) is 0 Å². The van der Waals surface area contributed by atoms with Crippen molar-refractivity contribution in [3.8, 4) is 11.4 Å². The van der Waals surface area contributed by atoms with E-state index < -0.39 is 11.7 Å². The second-order valence-corrected chi connectivity index (χ2v) is 8.86. The maximum atomic E-state index is 12.9. The summed E-state index contributed by atoms with van der Waals surface area (Å²) in [7, 11) is 0. The Morgan fingerprint density at radius 1 is 1.06 bits per heavy atom. The molecule has 2 aromatic heterocycles. The van der Waals surface area contributed by atoms with Gasteiger partial charge in [0, 0.05) is 31.1 Å². The molecule has 2 aromatic carbocycles. The average molecular weight is 467 g/mol. The Morgan fingerprint density at radius 2 is 1.79 bits per heavy atom. The number of nitrogens with zero attached hydrogens (tertiary/aromatic N) is 4. The minimum absolute atomic E-state index is 0.246. The van der Waals surface area contributed by atoms with Crippen LogP contribution in [0.1, 0.15) is 42.5 Å². The highest BCUT2D eigenvalue weighted by Crippen LogP contribution is 2.30. The van der Waals surface area contributed by atoms with Gasteiger partial charge in [0.15, 0.2) is 0 Å². The summed E-state index contributed by atoms with van der Waals surface area (Å²) < 4.78 is 40.8. The van der Waals surface area contributed by atoms with Gasteiger partial charge in [-0.2, -0.15) is 13.2 Å². The summed E-state index contributed by atoms with van der Waals surface area (Å²) in [5.74, 6) is 1.23. The van der Waals surface area contributed by atoms with Crippen LogP contribution in [0, 0.1) is 0 Å². The molecule has 3 heterocycles. The number of aromatic nitrogens is 4. The number of para-hydroxylation sites is 2. The van der Waals surface area contributed by atoms with Gasteiger partial charge in [-0.3, -0.25) is 9.69 Å². The van der Waals surface area contributed by atoms with E-state index in [-0.39, 0.29) is 17.4 Å². The van der Waals surface area contributed by atoms with E-state index >= 15 is 0 Å². The molecule has 0 bridgehead atoms. The quantitative estimate of drug-likeness (QED) is 0.462. The van der Waals surface area contributed by atoms with E-state index in [1.165, 1.54) is 12.1 Å². The molecule has 0 atom stereocenters. The molecule has 0 saturated carbocycles. The van der Waals surface area contributed by atoms with Gasteiger partial charge in [-0.1, -0.05) is 24.3 Å². The van der Waals surface area contributed by atoms with Gasteiger partial charge in [0.05, 0.1) is 34.4 Å². The fraction of sp³-hybridized carbons (Fsp3) is 0.320. The number of imidazole rings is 1. The second kappa shape index (κ2) is 8.39.